The second-order valence-corrected chi connectivity index (χ2v) is 6.16. The zero-order valence-electron chi connectivity index (χ0n) is 14.2. The summed E-state index contributed by atoms with van der Waals surface area (Å²) < 4.78 is 42.1. The molecule has 0 saturated heterocycles. The van der Waals surface area contributed by atoms with E-state index >= 15 is 0 Å². The van der Waals surface area contributed by atoms with Crippen LogP contribution in [0.25, 0.3) is 0 Å². The van der Waals surface area contributed by atoms with Crippen molar-refractivity contribution < 1.29 is 22.7 Å². The molecule has 7 heteroatoms. The number of hydrogen-bond donors (Lipinski definition) is 2. The van der Waals surface area contributed by atoms with Crippen LogP contribution in [0, 0.1) is 5.92 Å². The minimum absolute atomic E-state index is 0.0905. The molecule has 0 aliphatic carbocycles. The molecule has 2 N–H and O–H groups in total. The van der Waals surface area contributed by atoms with Crippen molar-refractivity contribution in [2.75, 3.05) is 23.8 Å². The highest BCUT2D eigenvalue weighted by Crippen LogP contribution is 2.19. The van der Waals surface area contributed by atoms with Crippen molar-refractivity contribution >= 4 is 17.3 Å². The Bertz CT molecular complexity index is 519. The van der Waals surface area contributed by atoms with Gasteiger partial charge in [-0.25, -0.2) is 0 Å². The van der Waals surface area contributed by atoms with Crippen LogP contribution < -0.4 is 10.6 Å². The van der Waals surface area contributed by atoms with Crippen LogP contribution in [0.15, 0.2) is 24.3 Å². The van der Waals surface area contributed by atoms with Gasteiger partial charge in [-0.2, -0.15) is 13.2 Å². The average molecular weight is 346 g/mol. The van der Waals surface area contributed by atoms with Crippen LogP contribution in [0.4, 0.5) is 24.5 Å². The van der Waals surface area contributed by atoms with Crippen molar-refractivity contribution in [3.8, 4) is 0 Å². The van der Waals surface area contributed by atoms with Gasteiger partial charge in [0.05, 0.1) is 19.1 Å². The van der Waals surface area contributed by atoms with Crippen LogP contribution in [0.2, 0.25) is 0 Å². The van der Waals surface area contributed by atoms with Crippen LogP contribution in [0.1, 0.15) is 33.6 Å². The van der Waals surface area contributed by atoms with E-state index in [1.54, 1.807) is 12.1 Å². The summed E-state index contributed by atoms with van der Waals surface area (Å²) in [5.74, 6) is 0.292. The van der Waals surface area contributed by atoms with Gasteiger partial charge in [-0.05, 0) is 37.5 Å². The fourth-order valence-electron chi connectivity index (χ4n) is 2.22. The van der Waals surface area contributed by atoms with Gasteiger partial charge < -0.3 is 15.4 Å². The lowest BCUT2D eigenvalue weighted by atomic mass is 10.1. The first kappa shape index (κ1) is 20.3. The first-order valence-electron chi connectivity index (χ1n) is 7.98. The SMILES string of the molecule is CC(C)CC(C)OCCC(=O)Nc1cccc(NCC(F)(F)F)c1. The van der Waals surface area contributed by atoms with Gasteiger partial charge in [0.1, 0.15) is 6.54 Å². The summed E-state index contributed by atoms with van der Waals surface area (Å²) in [6, 6.07) is 6.18. The lowest BCUT2D eigenvalue weighted by molar-refractivity contribution is -0.118. The molecule has 1 amide bonds. The van der Waals surface area contributed by atoms with Crippen LogP contribution in [-0.4, -0.2) is 31.3 Å². The highest BCUT2D eigenvalue weighted by molar-refractivity contribution is 5.91. The maximum atomic E-state index is 12.2. The quantitative estimate of drug-likeness (QED) is 0.695. The Morgan fingerprint density at radius 1 is 1.21 bits per heavy atom. The molecule has 24 heavy (non-hydrogen) atoms. The van der Waals surface area contributed by atoms with E-state index < -0.39 is 12.7 Å². The molecule has 136 valence electrons. The largest absolute Gasteiger partial charge is 0.405 e. The summed E-state index contributed by atoms with van der Waals surface area (Å²) in [7, 11) is 0. The molecule has 0 radical (unpaired) electrons. The Labute approximate surface area is 140 Å². The number of rotatable bonds is 9. The molecule has 0 fully saturated rings. The van der Waals surface area contributed by atoms with Gasteiger partial charge in [-0.15, -0.1) is 0 Å². The van der Waals surface area contributed by atoms with E-state index in [-0.39, 0.29) is 18.4 Å². The molecule has 0 aliphatic rings. The number of amides is 1. The molecule has 1 rings (SSSR count). The van der Waals surface area contributed by atoms with Gasteiger partial charge in [0, 0.05) is 11.4 Å². The number of ether oxygens (including phenoxy) is 1. The Kier molecular flexibility index (Phi) is 8.04. The van der Waals surface area contributed by atoms with Gasteiger partial charge >= 0.3 is 6.18 Å². The molecule has 1 aromatic rings. The van der Waals surface area contributed by atoms with Crippen LogP contribution in [-0.2, 0) is 9.53 Å². The first-order valence-corrected chi connectivity index (χ1v) is 7.98. The molecule has 0 spiro atoms. The van der Waals surface area contributed by atoms with Gasteiger partial charge in [0.15, 0.2) is 0 Å². The predicted octanol–water partition coefficient (Wildman–Crippen LogP) is 4.44. The average Bonchev–Trinajstić information content (AvgIpc) is 2.44. The first-order chi connectivity index (χ1) is 11.2. The number of alkyl halides is 3. The smallest absolute Gasteiger partial charge is 0.378 e. The summed E-state index contributed by atoms with van der Waals surface area (Å²) >= 11 is 0. The summed E-state index contributed by atoms with van der Waals surface area (Å²) in [6.45, 7) is 5.37. The van der Waals surface area contributed by atoms with Gasteiger partial charge in [0.2, 0.25) is 5.91 Å². The van der Waals surface area contributed by atoms with Crippen LogP contribution in [0.3, 0.4) is 0 Å². The number of hydrogen-bond acceptors (Lipinski definition) is 3. The van der Waals surface area contributed by atoms with E-state index in [9.17, 15) is 18.0 Å². The minimum atomic E-state index is -4.29. The predicted molar refractivity (Wildman–Crippen MR) is 89.1 cm³/mol. The topological polar surface area (TPSA) is 50.4 Å². The summed E-state index contributed by atoms with van der Waals surface area (Å²) in [5.41, 5.74) is 0.745. The molecule has 0 bridgehead atoms. The van der Waals surface area contributed by atoms with Crippen LogP contribution in [0.5, 0.6) is 0 Å². The molecule has 0 aromatic heterocycles. The Morgan fingerprint density at radius 3 is 2.50 bits per heavy atom. The lowest BCUT2D eigenvalue weighted by Gasteiger charge is -2.15. The molecule has 0 saturated carbocycles. The second kappa shape index (κ2) is 9.52. The van der Waals surface area contributed by atoms with Crippen molar-refractivity contribution in [2.45, 2.75) is 45.9 Å². The molecule has 1 aromatic carbocycles. The van der Waals surface area contributed by atoms with Crippen LogP contribution >= 0.6 is 0 Å². The van der Waals surface area contributed by atoms with E-state index in [0.29, 0.717) is 23.9 Å². The van der Waals surface area contributed by atoms with Gasteiger partial charge in [-0.1, -0.05) is 19.9 Å². The highest BCUT2D eigenvalue weighted by Gasteiger charge is 2.26. The molecule has 0 heterocycles. The minimum Gasteiger partial charge on any atom is -0.378 e. The maximum Gasteiger partial charge on any atom is 0.405 e. The summed E-state index contributed by atoms with van der Waals surface area (Å²) in [5, 5.41) is 4.93. The van der Waals surface area contributed by atoms with Gasteiger partial charge in [0.25, 0.3) is 0 Å². The molecule has 0 aliphatic heterocycles. The molecular formula is C17H25F3N2O2. The fourth-order valence-corrected chi connectivity index (χ4v) is 2.22. The zero-order valence-corrected chi connectivity index (χ0v) is 14.2. The fraction of sp³-hybridized carbons (Fsp3) is 0.588. The maximum absolute atomic E-state index is 12.2. The Balaban J connectivity index is 2.38. The van der Waals surface area contributed by atoms with Crippen molar-refractivity contribution in [1.29, 1.82) is 0 Å². The van der Waals surface area contributed by atoms with E-state index in [1.807, 2.05) is 6.92 Å². The number of nitrogens with one attached hydrogen (secondary N) is 2. The number of carbonyl (C=O) groups is 1. The molecule has 4 nitrogen and oxygen atoms in total. The third-order valence-electron chi connectivity index (χ3n) is 3.17. The molecule has 1 unspecified atom stereocenters. The van der Waals surface area contributed by atoms with E-state index in [1.165, 1.54) is 12.1 Å². The van der Waals surface area contributed by atoms with Gasteiger partial charge in [-0.3, -0.25) is 4.79 Å². The van der Waals surface area contributed by atoms with Crippen molar-refractivity contribution in [3.05, 3.63) is 24.3 Å². The van der Waals surface area contributed by atoms with Crippen molar-refractivity contribution in [3.63, 3.8) is 0 Å². The lowest BCUT2D eigenvalue weighted by Crippen LogP contribution is -2.21. The van der Waals surface area contributed by atoms with E-state index in [2.05, 4.69) is 24.5 Å². The van der Waals surface area contributed by atoms with E-state index in [0.717, 1.165) is 6.42 Å². The summed E-state index contributed by atoms with van der Waals surface area (Å²) in [4.78, 5) is 11.9. The summed E-state index contributed by atoms with van der Waals surface area (Å²) in [6.07, 6.45) is -3.08. The standard InChI is InChI=1S/C17H25F3N2O2/c1-12(2)9-13(3)24-8-7-16(23)22-15-6-4-5-14(10-15)21-11-17(18,19)20/h4-6,10,12-13,21H,7-9,11H2,1-3H3,(H,22,23). The normalized spacial score (nSPS) is 13.0. The number of benzene rings is 1. The third-order valence-corrected chi connectivity index (χ3v) is 3.17. The number of carbonyl (C=O) groups excluding carboxylic acids is 1. The van der Waals surface area contributed by atoms with E-state index in [4.69, 9.17) is 4.74 Å². The zero-order chi connectivity index (χ0) is 18.2. The molecule has 1 atom stereocenters. The number of halogens is 3. The Morgan fingerprint density at radius 2 is 1.88 bits per heavy atom. The highest BCUT2D eigenvalue weighted by atomic mass is 19.4. The second-order valence-electron chi connectivity index (χ2n) is 6.16. The monoisotopic (exact) mass is 346 g/mol. The van der Waals surface area contributed by atoms with Crippen molar-refractivity contribution in [1.82, 2.24) is 0 Å². The molecular weight excluding hydrogens is 321 g/mol. The Hall–Kier alpha value is -1.76. The van der Waals surface area contributed by atoms with Crippen molar-refractivity contribution in [2.24, 2.45) is 5.92 Å². The third kappa shape index (κ3) is 9.39. The number of anilines is 2.